The molecular formula is C15H23N3OS. The normalized spacial score (nSPS) is 18.6. The molecule has 1 fully saturated rings. The Bertz CT molecular complexity index is 470. The predicted octanol–water partition coefficient (Wildman–Crippen LogP) is 2.67. The Morgan fingerprint density at radius 1 is 1.45 bits per heavy atom. The molecule has 1 amide bonds. The average Bonchev–Trinajstić information content (AvgIpc) is 2.46. The summed E-state index contributed by atoms with van der Waals surface area (Å²) in [7, 11) is 3.51. The largest absolute Gasteiger partial charge is 0.397 e. The first-order valence-corrected chi connectivity index (χ1v) is 8.09. The van der Waals surface area contributed by atoms with Crippen molar-refractivity contribution in [1.82, 2.24) is 4.90 Å². The Balaban J connectivity index is 2.02. The summed E-state index contributed by atoms with van der Waals surface area (Å²) >= 11 is 2.03. The fraction of sp³-hybridized carbons (Fsp3) is 0.533. The second-order valence-corrected chi connectivity index (χ2v) is 6.78. The number of nitrogen functional groups attached to an aromatic ring is 1. The van der Waals surface area contributed by atoms with Crippen molar-refractivity contribution in [1.29, 1.82) is 0 Å². The van der Waals surface area contributed by atoms with E-state index >= 15 is 0 Å². The van der Waals surface area contributed by atoms with Crippen molar-refractivity contribution in [2.75, 3.05) is 37.4 Å². The molecular weight excluding hydrogens is 270 g/mol. The fourth-order valence-corrected chi connectivity index (χ4v) is 3.53. The van der Waals surface area contributed by atoms with Crippen LogP contribution in [0.2, 0.25) is 0 Å². The number of nitrogens with two attached hydrogens (primary N) is 1. The molecule has 3 N–H and O–H groups in total. The van der Waals surface area contributed by atoms with Crippen LogP contribution in [0.3, 0.4) is 0 Å². The smallest absolute Gasteiger partial charge is 0.253 e. The highest BCUT2D eigenvalue weighted by Gasteiger charge is 2.15. The van der Waals surface area contributed by atoms with Crippen LogP contribution in [-0.2, 0) is 0 Å². The van der Waals surface area contributed by atoms with Crippen LogP contribution in [0.5, 0.6) is 0 Å². The summed E-state index contributed by atoms with van der Waals surface area (Å²) in [6, 6.07) is 5.43. The molecule has 1 aliphatic rings. The standard InChI is InChI=1S/C15H23N3OS/c1-18(2)15(19)11-6-7-13(16)14(9-11)17-10-12-5-3-4-8-20-12/h6-7,9,12,17H,3-5,8,10,16H2,1-2H3. The van der Waals surface area contributed by atoms with Crippen LogP contribution >= 0.6 is 11.8 Å². The van der Waals surface area contributed by atoms with Crippen molar-refractivity contribution >= 4 is 29.0 Å². The molecule has 1 aliphatic heterocycles. The number of rotatable bonds is 4. The van der Waals surface area contributed by atoms with Gasteiger partial charge in [0.25, 0.3) is 5.91 Å². The first-order chi connectivity index (χ1) is 9.58. The summed E-state index contributed by atoms with van der Waals surface area (Å²) in [5.74, 6) is 1.25. The highest BCUT2D eigenvalue weighted by atomic mass is 32.2. The van der Waals surface area contributed by atoms with E-state index in [0.717, 1.165) is 12.2 Å². The molecule has 110 valence electrons. The quantitative estimate of drug-likeness (QED) is 0.838. The van der Waals surface area contributed by atoms with E-state index in [2.05, 4.69) is 5.32 Å². The molecule has 1 atom stereocenters. The maximum atomic E-state index is 12.0. The molecule has 0 aromatic heterocycles. The lowest BCUT2D eigenvalue weighted by molar-refractivity contribution is 0.0827. The minimum absolute atomic E-state index is 0.0000846. The minimum atomic E-state index is 0.0000846. The van der Waals surface area contributed by atoms with Crippen LogP contribution in [0.4, 0.5) is 11.4 Å². The van der Waals surface area contributed by atoms with Crippen molar-refractivity contribution in [3.8, 4) is 0 Å². The third-order valence-corrected chi connectivity index (χ3v) is 4.90. The topological polar surface area (TPSA) is 58.4 Å². The second-order valence-electron chi connectivity index (χ2n) is 5.37. The van der Waals surface area contributed by atoms with Gasteiger partial charge in [0.05, 0.1) is 11.4 Å². The van der Waals surface area contributed by atoms with Crippen LogP contribution in [0.25, 0.3) is 0 Å². The van der Waals surface area contributed by atoms with Gasteiger partial charge in [-0.2, -0.15) is 11.8 Å². The molecule has 5 heteroatoms. The van der Waals surface area contributed by atoms with E-state index in [0.29, 0.717) is 16.5 Å². The number of carbonyl (C=O) groups is 1. The summed E-state index contributed by atoms with van der Waals surface area (Å²) in [6.07, 6.45) is 3.90. The van der Waals surface area contributed by atoms with E-state index in [1.807, 2.05) is 17.8 Å². The predicted molar refractivity (Wildman–Crippen MR) is 87.5 cm³/mol. The number of nitrogens with zero attached hydrogens (tertiary/aromatic N) is 1. The fourth-order valence-electron chi connectivity index (χ4n) is 2.29. The monoisotopic (exact) mass is 293 g/mol. The van der Waals surface area contributed by atoms with Crippen LogP contribution in [0, 0.1) is 0 Å². The molecule has 0 aliphatic carbocycles. The van der Waals surface area contributed by atoms with Gasteiger partial charge in [0.1, 0.15) is 0 Å². The van der Waals surface area contributed by atoms with Crippen LogP contribution in [0.1, 0.15) is 29.6 Å². The van der Waals surface area contributed by atoms with Crippen LogP contribution < -0.4 is 11.1 Å². The van der Waals surface area contributed by atoms with E-state index < -0.39 is 0 Å². The minimum Gasteiger partial charge on any atom is -0.397 e. The molecule has 20 heavy (non-hydrogen) atoms. The molecule has 1 aromatic rings. The van der Waals surface area contributed by atoms with Crippen molar-refractivity contribution in [2.45, 2.75) is 24.5 Å². The van der Waals surface area contributed by atoms with Gasteiger partial charge in [0.2, 0.25) is 0 Å². The van der Waals surface area contributed by atoms with Gasteiger partial charge in [-0.15, -0.1) is 0 Å². The zero-order valence-corrected chi connectivity index (χ0v) is 13.0. The zero-order valence-electron chi connectivity index (χ0n) is 12.2. The average molecular weight is 293 g/mol. The summed E-state index contributed by atoms with van der Waals surface area (Å²) < 4.78 is 0. The highest BCUT2D eigenvalue weighted by Crippen LogP contribution is 2.27. The van der Waals surface area contributed by atoms with Crippen LogP contribution in [-0.4, -0.2) is 42.4 Å². The molecule has 1 saturated heterocycles. The Labute approximate surface area is 125 Å². The third-order valence-electron chi connectivity index (χ3n) is 3.50. The first-order valence-electron chi connectivity index (χ1n) is 7.04. The van der Waals surface area contributed by atoms with Crippen molar-refractivity contribution in [2.24, 2.45) is 0 Å². The molecule has 1 unspecified atom stereocenters. The SMILES string of the molecule is CN(C)C(=O)c1ccc(N)c(NCC2CCCCS2)c1. The summed E-state index contributed by atoms with van der Waals surface area (Å²) in [6.45, 7) is 0.911. The van der Waals surface area contributed by atoms with Gasteiger partial charge >= 0.3 is 0 Å². The van der Waals surface area contributed by atoms with E-state index in [1.165, 1.54) is 25.0 Å². The Morgan fingerprint density at radius 2 is 2.25 bits per heavy atom. The number of nitrogens with one attached hydrogen (secondary N) is 1. The van der Waals surface area contributed by atoms with Crippen molar-refractivity contribution in [3.05, 3.63) is 23.8 Å². The van der Waals surface area contributed by atoms with E-state index in [4.69, 9.17) is 5.73 Å². The van der Waals surface area contributed by atoms with Gasteiger partial charge < -0.3 is 16.0 Å². The molecule has 0 saturated carbocycles. The number of carbonyl (C=O) groups excluding carboxylic acids is 1. The van der Waals surface area contributed by atoms with Gasteiger partial charge in [0.15, 0.2) is 0 Å². The number of thioether (sulfide) groups is 1. The molecule has 2 rings (SSSR count). The van der Waals surface area contributed by atoms with Crippen molar-refractivity contribution < 1.29 is 4.79 Å². The third kappa shape index (κ3) is 3.82. The molecule has 0 spiro atoms. The van der Waals surface area contributed by atoms with E-state index in [1.54, 1.807) is 31.1 Å². The number of hydrogen-bond acceptors (Lipinski definition) is 4. The summed E-state index contributed by atoms with van der Waals surface area (Å²) in [5, 5.41) is 4.05. The maximum absolute atomic E-state index is 12.0. The lowest BCUT2D eigenvalue weighted by atomic mass is 10.1. The molecule has 1 aromatic carbocycles. The Kier molecular flexibility index (Phi) is 5.17. The molecule has 0 radical (unpaired) electrons. The Hall–Kier alpha value is -1.36. The van der Waals surface area contributed by atoms with E-state index in [-0.39, 0.29) is 5.91 Å². The summed E-state index contributed by atoms with van der Waals surface area (Å²) in [4.78, 5) is 13.5. The molecule has 1 heterocycles. The van der Waals surface area contributed by atoms with Gasteiger partial charge in [-0.1, -0.05) is 6.42 Å². The van der Waals surface area contributed by atoms with Crippen LogP contribution in [0.15, 0.2) is 18.2 Å². The molecule has 4 nitrogen and oxygen atoms in total. The number of benzene rings is 1. The lowest BCUT2D eigenvalue weighted by Gasteiger charge is -2.22. The number of hydrogen-bond donors (Lipinski definition) is 2. The van der Waals surface area contributed by atoms with Gasteiger partial charge in [-0.05, 0) is 36.8 Å². The molecule has 0 bridgehead atoms. The van der Waals surface area contributed by atoms with E-state index in [9.17, 15) is 4.79 Å². The number of anilines is 2. The highest BCUT2D eigenvalue weighted by molar-refractivity contribution is 7.99. The first kappa shape index (κ1) is 15.0. The second kappa shape index (κ2) is 6.88. The summed E-state index contributed by atoms with van der Waals surface area (Å²) in [5.41, 5.74) is 8.22. The lowest BCUT2D eigenvalue weighted by Crippen LogP contribution is -2.23. The number of amides is 1. The zero-order chi connectivity index (χ0) is 14.5. The maximum Gasteiger partial charge on any atom is 0.253 e. The van der Waals surface area contributed by atoms with Gasteiger partial charge in [-0.25, -0.2) is 0 Å². The van der Waals surface area contributed by atoms with Gasteiger partial charge in [0, 0.05) is 31.5 Å². The van der Waals surface area contributed by atoms with Gasteiger partial charge in [-0.3, -0.25) is 4.79 Å². The Morgan fingerprint density at radius 3 is 2.90 bits per heavy atom. The van der Waals surface area contributed by atoms with Crippen molar-refractivity contribution in [3.63, 3.8) is 0 Å².